The van der Waals surface area contributed by atoms with E-state index in [4.69, 9.17) is 5.73 Å². The van der Waals surface area contributed by atoms with E-state index < -0.39 is 0 Å². The smallest absolute Gasteiger partial charge is 0.0635 e. The van der Waals surface area contributed by atoms with Crippen LogP contribution in [-0.2, 0) is 6.42 Å². The summed E-state index contributed by atoms with van der Waals surface area (Å²) in [6, 6.07) is 0.404. The molecule has 0 aliphatic heterocycles. The van der Waals surface area contributed by atoms with Crippen molar-refractivity contribution >= 4 is 15.9 Å². The van der Waals surface area contributed by atoms with E-state index in [1.807, 2.05) is 6.20 Å². The largest absolute Gasteiger partial charge is 0.330 e. The molecule has 0 fully saturated rings. The average molecular weight is 260 g/mol. The molecule has 0 amide bonds. The Morgan fingerprint density at radius 2 is 2.14 bits per heavy atom. The number of nitrogens with two attached hydrogens (primary N) is 1. The first-order valence-corrected chi connectivity index (χ1v) is 5.77. The van der Waals surface area contributed by atoms with Crippen molar-refractivity contribution in [3.8, 4) is 0 Å². The van der Waals surface area contributed by atoms with E-state index in [2.05, 4.69) is 46.5 Å². The fraction of sp³-hybridized carbons (Fsp3) is 0.700. The third kappa shape index (κ3) is 2.58. The molecular weight excluding hydrogens is 242 g/mol. The first kappa shape index (κ1) is 11.7. The van der Waals surface area contributed by atoms with Crippen LogP contribution in [0.4, 0.5) is 0 Å². The molecule has 1 atom stereocenters. The highest BCUT2D eigenvalue weighted by Gasteiger charge is 2.13. The number of halogens is 1. The Morgan fingerprint density at radius 3 is 2.64 bits per heavy atom. The lowest BCUT2D eigenvalue weighted by molar-refractivity contribution is 0.479. The van der Waals surface area contributed by atoms with Gasteiger partial charge in [-0.3, -0.25) is 4.68 Å². The third-order valence-corrected chi connectivity index (χ3v) is 2.94. The molecule has 0 bridgehead atoms. The normalized spacial score (nSPS) is 13.6. The highest BCUT2D eigenvalue weighted by molar-refractivity contribution is 9.10. The van der Waals surface area contributed by atoms with Crippen molar-refractivity contribution in [2.24, 2.45) is 11.7 Å². The summed E-state index contributed by atoms with van der Waals surface area (Å²) in [5.41, 5.74) is 6.87. The standard InChI is InChI=1S/C10H18BrN3/c1-7(2)14-10(4-8(3)5-12)9(11)6-13-14/h6-8H,4-5,12H2,1-3H3. The van der Waals surface area contributed by atoms with Gasteiger partial charge in [0.1, 0.15) is 0 Å². The van der Waals surface area contributed by atoms with Gasteiger partial charge in [0.2, 0.25) is 0 Å². The molecule has 0 saturated carbocycles. The van der Waals surface area contributed by atoms with Crippen molar-refractivity contribution in [3.05, 3.63) is 16.4 Å². The molecule has 0 aromatic carbocycles. The van der Waals surface area contributed by atoms with Gasteiger partial charge in [-0.1, -0.05) is 6.92 Å². The zero-order valence-electron chi connectivity index (χ0n) is 9.00. The van der Waals surface area contributed by atoms with Gasteiger partial charge in [0, 0.05) is 6.04 Å². The Bertz CT molecular complexity index is 294. The molecule has 1 heterocycles. The summed E-state index contributed by atoms with van der Waals surface area (Å²) in [4.78, 5) is 0. The molecule has 1 aromatic heterocycles. The van der Waals surface area contributed by atoms with E-state index in [1.165, 1.54) is 5.69 Å². The van der Waals surface area contributed by atoms with Gasteiger partial charge in [-0.2, -0.15) is 5.10 Å². The van der Waals surface area contributed by atoms with Gasteiger partial charge < -0.3 is 5.73 Å². The minimum absolute atomic E-state index is 0.404. The summed E-state index contributed by atoms with van der Waals surface area (Å²) >= 11 is 3.52. The monoisotopic (exact) mass is 259 g/mol. The molecule has 0 saturated heterocycles. The van der Waals surface area contributed by atoms with Crippen molar-refractivity contribution in [1.82, 2.24) is 9.78 Å². The van der Waals surface area contributed by atoms with Crippen LogP contribution in [0.2, 0.25) is 0 Å². The number of nitrogens with zero attached hydrogens (tertiary/aromatic N) is 2. The van der Waals surface area contributed by atoms with Crippen LogP contribution in [0, 0.1) is 5.92 Å². The second-order valence-electron chi connectivity index (χ2n) is 4.02. The lowest BCUT2D eigenvalue weighted by Crippen LogP contribution is -2.17. The van der Waals surface area contributed by atoms with E-state index in [0.29, 0.717) is 12.0 Å². The minimum atomic E-state index is 0.404. The molecule has 1 unspecified atom stereocenters. The molecule has 0 spiro atoms. The highest BCUT2D eigenvalue weighted by Crippen LogP contribution is 2.22. The van der Waals surface area contributed by atoms with Gasteiger partial charge in [0.05, 0.1) is 16.4 Å². The van der Waals surface area contributed by atoms with Crippen molar-refractivity contribution in [3.63, 3.8) is 0 Å². The molecule has 80 valence electrons. The number of aromatic nitrogens is 2. The van der Waals surface area contributed by atoms with Crippen LogP contribution in [0.3, 0.4) is 0 Å². The zero-order chi connectivity index (χ0) is 10.7. The van der Waals surface area contributed by atoms with Crippen LogP contribution in [0.15, 0.2) is 10.7 Å². The molecule has 1 rings (SSSR count). The van der Waals surface area contributed by atoms with E-state index in [0.717, 1.165) is 17.4 Å². The van der Waals surface area contributed by atoms with Gasteiger partial charge in [-0.25, -0.2) is 0 Å². The van der Waals surface area contributed by atoms with Crippen LogP contribution in [-0.4, -0.2) is 16.3 Å². The quantitative estimate of drug-likeness (QED) is 0.903. The lowest BCUT2D eigenvalue weighted by Gasteiger charge is -2.14. The minimum Gasteiger partial charge on any atom is -0.330 e. The Balaban J connectivity index is 2.88. The second-order valence-corrected chi connectivity index (χ2v) is 4.88. The van der Waals surface area contributed by atoms with Gasteiger partial charge in [0.25, 0.3) is 0 Å². The maximum absolute atomic E-state index is 5.62. The summed E-state index contributed by atoms with van der Waals surface area (Å²) in [7, 11) is 0. The van der Waals surface area contributed by atoms with Crippen LogP contribution in [0.5, 0.6) is 0 Å². The predicted molar refractivity (Wildman–Crippen MR) is 62.2 cm³/mol. The first-order valence-electron chi connectivity index (χ1n) is 4.98. The van der Waals surface area contributed by atoms with E-state index in [-0.39, 0.29) is 0 Å². The Kier molecular flexibility index (Phi) is 4.13. The summed E-state index contributed by atoms with van der Waals surface area (Å²) < 4.78 is 3.14. The van der Waals surface area contributed by atoms with Gasteiger partial charge in [-0.15, -0.1) is 0 Å². The molecule has 0 aliphatic rings. The first-order chi connectivity index (χ1) is 6.56. The van der Waals surface area contributed by atoms with E-state index >= 15 is 0 Å². The van der Waals surface area contributed by atoms with Gasteiger partial charge >= 0.3 is 0 Å². The van der Waals surface area contributed by atoms with Crippen molar-refractivity contribution in [1.29, 1.82) is 0 Å². The molecule has 0 radical (unpaired) electrons. The van der Waals surface area contributed by atoms with Crippen LogP contribution < -0.4 is 5.73 Å². The Labute approximate surface area is 93.8 Å². The third-order valence-electron chi connectivity index (χ3n) is 2.28. The molecule has 4 heteroatoms. The molecule has 2 N–H and O–H groups in total. The summed E-state index contributed by atoms with van der Waals surface area (Å²) in [5, 5.41) is 4.33. The van der Waals surface area contributed by atoms with Crippen LogP contribution >= 0.6 is 15.9 Å². The van der Waals surface area contributed by atoms with Crippen molar-refractivity contribution in [2.45, 2.75) is 33.2 Å². The molecule has 14 heavy (non-hydrogen) atoms. The molecular formula is C10H18BrN3. The molecule has 3 nitrogen and oxygen atoms in total. The summed E-state index contributed by atoms with van der Waals surface area (Å²) in [5.74, 6) is 0.500. The maximum atomic E-state index is 5.62. The van der Waals surface area contributed by atoms with Crippen molar-refractivity contribution in [2.75, 3.05) is 6.54 Å². The number of hydrogen-bond donors (Lipinski definition) is 1. The fourth-order valence-electron chi connectivity index (χ4n) is 1.42. The lowest BCUT2D eigenvalue weighted by atomic mass is 10.1. The van der Waals surface area contributed by atoms with Crippen molar-refractivity contribution < 1.29 is 0 Å². The predicted octanol–water partition coefficient (Wildman–Crippen LogP) is 2.36. The number of rotatable bonds is 4. The zero-order valence-corrected chi connectivity index (χ0v) is 10.6. The van der Waals surface area contributed by atoms with Gasteiger partial charge in [0.15, 0.2) is 0 Å². The molecule has 1 aromatic rings. The van der Waals surface area contributed by atoms with Gasteiger partial charge in [-0.05, 0) is 48.7 Å². The maximum Gasteiger partial charge on any atom is 0.0635 e. The van der Waals surface area contributed by atoms with E-state index in [1.54, 1.807) is 0 Å². The van der Waals surface area contributed by atoms with Crippen LogP contribution in [0.25, 0.3) is 0 Å². The summed E-state index contributed by atoms with van der Waals surface area (Å²) in [6.07, 6.45) is 2.84. The Hall–Kier alpha value is -0.350. The second kappa shape index (κ2) is 4.94. The Morgan fingerprint density at radius 1 is 1.50 bits per heavy atom. The fourth-order valence-corrected chi connectivity index (χ4v) is 1.85. The van der Waals surface area contributed by atoms with Crippen LogP contribution in [0.1, 0.15) is 32.5 Å². The average Bonchev–Trinajstić information content (AvgIpc) is 2.48. The molecule has 0 aliphatic carbocycles. The number of hydrogen-bond acceptors (Lipinski definition) is 2. The SMILES string of the molecule is CC(CN)Cc1c(Br)cnn1C(C)C. The summed E-state index contributed by atoms with van der Waals surface area (Å²) in [6.45, 7) is 7.14. The van der Waals surface area contributed by atoms with E-state index in [9.17, 15) is 0 Å². The highest BCUT2D eigenvalue weighted by atomic mass is 79.9. The topological polar surface area (TPSA) is 43.8 Å².